The predicted octanol–water partition coefficient (Wildman–Crippen LogP) is 3.67. The Balaban J connectivity index is 1.86. The third kappa shape index (κ3) is 4.15. The SMILES string of the molecule is CCN(c1ccccc1)c1nccc(C(=O)Nc2ccccc2C(=O)OC)n1. The van der Waals surface area contributed by atoms with Crippen molar-refractivity contribution in [2.75, 3.05) is 23.9 Å². The fourth-order valence-electron chi connectivity index (χ4n) is 2.72. The largest absolute Gasteiger partial charge is 0.465 e. The van der Waals surface area contributed by atoms with Crippen LogP contribution in [0.1, 0.15) is 27.8 Å². The van der Waals surface area contributed by atoms with Crippen LogP contribution in [0.5, 0.6) is 0 Å². The van der Waals surface area contributed by atoms with Crippen molar-refractivity contribution < 1.29 is 14.3 Å². The lowest BCUT2D eigenvalue weighted by Crippen LogP contribution is -2.22. The Morgan fingerprint density at radius 3 is 2.46 bits per heavy atom. The molecule has 0 unspecified atom stereocenters. The molecule has 142 valence electrons. The minimum absolute atomic E-state index is 0.194. The molecule has 0 aliphatic rings. The van der Waals surface area contributed by atoms with Crippen molar-refractivity contribution in [3.63, 3.8) is 0 Å². The summed E-state index contributed by atoms with van der Waals surface area (Å²) >= 11 is 0. The summed E-state index contributed by atoms with van der Waals surface area (Å²) in [5, 5.41) is 2.72. The van der Waals surface area contributed by atoms with Crippen LogP contribution in [-0.4, -0.2) is 35.5 Å². The van der Waals surface area contributed by atoms with Gasteiger partial charge in [0.25, 0.3) is 5.91 Å². The molecule has 0 atom stereocenters. The number of anilines is 3. The first-order valence-electron chi connectivity index (χ1n) is 8.78. The summed E-state index contributed by atoms with van der Waals surface area (Å²) in [6, 6.07) is 17.9. The molecule has 0 saturated heterocycles. The van der Waals surface area contributed by atoms with Gasteiger partial charge < -0.3 is 15.0 Å². The Morgan fingerprint density at radius 2 is 1.75 bits per heavy atom. The number of nitrogens with one attached hydrogen (secondary N) is 1. The number of carbonyl (C=O) groups is 2. The van der Waals surface area contributed by atoms with Crippen molar-refractivity contribution in [2.24, 2.45) is 0 Å². The maximum absolute atomic E-state index is 12.7. The summed E-state index contributed by atoms with van der Waals surface area (Å²) in [6.07, 6.45) is 1.54. The van der Waals surface area contributed by atoms with Crippen LogP contribution in [0.15, 0.2) is 66.9 Å². The van der Waals surface area contributed by atoms with Crippen molar-refractivity contribution in [1.82, 2.24) is 9.97 Å². The monoisotopic (exact) mass is 376 g/mol. The average molecular weight is 376 g/mol. The van der Waals surface area contributed by atoms with Gasteiger partial charge in [-0.3, -0.25) is 4.79 Å². The molecule has 0 aliphatic heterocycles. The van der Waals surface area contributed by atoms with Crippen LogP contribution in [0.4, 0.5) is 17.3 Å². The van der Waals surface area contributed by atoms with Gasteiger partial charge in [0.15, 0.2) is 0 Å². The Labute approximate surface area is 163 Å². The first kappa shape index (κ1) is 19.0. The van der Waals surface area contributed by atoms with E-state index in [2.05, 4.69) is 15.3 Å². The van der Waals surface area contributed by atoms with Crippen LogP contribution in [0, 0.1) is 0 Å². The molecule has 28 heavy (non-hydrogen) atoms. The van der Waals surface area contributed by atoms with Gasteiger partial charge in [0.2, 0.25) is 5.95 Å². The topological polar surface area (TPSA) is 84.4 Å². The van der Waals surface area contributed by atoms with E-state index in [0.717, 1.165) is 5.69 Å². The molecule has 1 heterocycles. The molecule has 1 amide bonds. The van der Waals surface area contributed by atoms with Crippen LogP contribution in [0.3, 0.4) is 0 Å². The molecule has 0 bridgehead atoms. The van der Waals surface area contributed by atoms with E-state index in [1.54, 1.807) is 24.3 Å². The molecule has 2 aromatic carbocycles. The summed E-state index contributed by atoms with van der Waals surface area (Å²) in [5.74, 6) is -0.549. The quantitative estimate of drug-likeness (QED) is 0.661. The normalized spacial score (nSPS) is 10.2. The number of aromatic nitrogens is 2. The molecule has 7 heteroatoms. The molecule has 0 fully saturated rings. The number of hydrogen-bond acceptors (Lipinski definition) is 6. The highest BCUT2D eigenvalue weighted by atomic mass is 16.5. The maximum atomic E-state index is 12.7. The molecule has 0 aliphatic carbocycles. The van der Waals surface area contributed by atoms with Crippen LogP contribution in [0.2, 0.25) is 0 Å². The third-order valence-corrected chi connectivity index (χ3v) is 4.08. The van der Waals surface area contributed by atoms with Gasteiger partial charge in [-0.2, -0.15) is 0 Å². The first-order chi connectivity index (χ1) is 13.6. The Morgan fingerprint density at radius 1 is 1.04 bits per heavy atom. The van der Waals surface area contributed by atoms with Crippen LogP contribution >= 0.6 is 0 Å². The Bertz CT molecular complexity index is 976. The lowest BCUT2D eigenvalue weighted by Gasteiger charge is -2.21. The number of methoxy groups -OCH3 is 1. The summed E-state index contributed by atoms with van der Waals surface area (Å²) in [5.41, 5.74) is 1.75. The zero-order valence-electron chi connectivity index (χ0n) is 15.6. The highest BCUT2D eigenvalue weighted by Gasteiger charge is 2.17. The number of ether oxygens (including phenoxy) is 1. The van der Waals surface area contributed by atoms with Gasteiger partial charge in [-0.15, -0.1) is 0 Å². The smallest absolute Gasteiger partial charge is 0.339 e. The molecule has 3 rings (SSSR count). The number of hydrogen-bond donors (Lipinski definition) is 1. The Hall–Kier alpha value is -3.74. The molecular weight excluding hydrogens is 356 g/mol. The van der Waals surface area contributed by atoms with Crippen molar-refractivity contribution in [2.45, 2.75) is 6.92 Å². The van der Waals surface area contributed by atoms with E-state index < -0.39 is 11.9 Å². The zero-order chi connectivity index (χ0) is 19.9. The summed E-state index contributed by atoms with van der Waals surface area (Å²) in [4.78, 5) is 35.2. The maximum Gasteiger partial charge on any atom is 0.339 e. The molecule has 1 N–H and O–H groups in total. The molecule has 0 spiro atoms. The van der Waals surface area contributed by atoms with E-state index in [0.29, 0.717) is 18.2 Å². The second kappa shape index (κ2) is 8.77. The number of amides is 1. The molecule has 3 aromatic rings. The van der Waals surface area contributed by atoms with Gasteiger partial charge in [0, 0.05) is 18.4 Å². The highest BCUT2D eigenvalue weighted by molar-refractivity contribution is 6.07. The van der Waals surface area contributed by atoms with E-state index >= 15 is 0 Å². The number of benzene rings is 2. The van der Waals surface area contributed by atoms with Crippen molar-refractivity contribution >= 4 is 29.2 Å². The summed E-state index contributed by atoms with van der Waals surface area (Å²) < 4.78 is 4.76. The number of nitrogens with zero attached hydrogens (tertiary/aromatic N) is 3. The van der Waals surface area contributed by atoms with Crippen molar-refractivity contribution in [3.8, 4) is 0 Å². The number of carbonyl (C=O) groups excluding carboxylic acids is 2. The van der Waals surface area contributed by atoms with Gasteiger partial charge in [0.1, 0.15) is 5.69 Å². The molecule has 1 aromatic heterocycles. The van der Waals surface area contributed by atoms with Crippen LogP contribution in [0.25, 0.3) is 0 Å². The molecule has 0 saturated carbocycles. The fourth-order valence-corrected chi connectivity index (χ4v) is 2.72. The number of rotatable bonds is 6. The summed E-state index contributed by atoms with van der Waals surface area (Å²) in [6.45, 7) is 2.62. The second-order valence-electron chi connectivity index (χ2n) is 5.81. The minimum atomic E-state index is -0.527. The van der Waals surface area contributed by atoms with E-state index in [-0.39, 0.29) is 11.3 Å². The van der Waals surface area contributed by atoms with Gasteiger partial charge >= 0.3 is 5.97 Å². The first-order valence-corrected chi connectivity index (χ1v) is 8.78. The molecular formula is C21H20N4O3. The fraction of sp³-hybridized carbons (Fsp3) is 0.143. The standard InChI is InChI=1S/C21H20N4O3/c1-3-25(15-9-5-4-6-10-15)21-22-14-13-18(24-21)19(26)23-17-12-8-7-11-16(17)20(27)28-2/h4-14H,3H2,1-2H3,(H,23,26). The lowest BCUT2D eigenvalue weighted by atomic mass is 10.1. The van der Waals surface area contributed by atoms with Gasteiger partial charge in [-0.1, -0.05) is 30.3 Å². The van der Waals surface area contributed by atoms with E-state index in [1.165, 1.54) is 19.4 Å². The predicted molar refractivity (Wildman–Crippen MR) is 107 cm³/mol. The van der Waals surface area contributed by atoms with E-state index in [9.17, 15) is 9.59 Å². The van der Waals surface area contributed by atoms with Crippen molar-refractivity contribution in [3.05, 3.63) is 78.1 Å². The molecule has 0 radical (unpaired) electrons. The highest BCUT2D eigenvalue weighted by Crippen LogP contribution is 2.22. The van der Waals surface area contributed by atoms with Gasteiger partial charge in [0.05, 0.1) is 18.4 Å². The van der Waals surface area contributed by atoms with E-state index in [1.807, 2.05) is 42.2 Å². The van der Waals surface area contributed by atoms with Gasteiger partial charge in [-0.25, -0.2) is 14.8 Å². The second-order valence-corrected chi connectivity index (χ2v) is 5.81. The number of para-hydroxylation sites is 2. The lowest BCUT2D eigenvalue weighted by molar-refractivity contribution is 0.0602. The minimum Gasteiger partial charge on any atom is -0.465 e. The summed E-state index contributed by atoms with van der Waals surface area (Å²) in [7, 11) is 1.29. The van der Waals surface area contributed by atoms with Gasteiger partial charge in [-0.05, 0) is 37.3 Å². The Kier molecular flexibility index (Phi) is 5.96. The zero-order valence-corrected chi connectivity index (χ0v) is 15.6. The third-order valence-electron chi connectivity index (χ3n) is 4.08. The number of esters is 1. The average Bonchev–Trinajstić information content (AvgIpc) is 2.75. The molecule has 7 nitrogen and oxygen atoms in total. The van der Waals surface area contributed by atoms with Crippen LogP contribution in [-0.2, 0) is 4.74 Å². The van der Waals surface area contributed by atoms with E-state index in [4.69, 9.17) is 4.74 Å². The van der Waals surface area contributed by atoms with Crippen LogP contribution < -0.4 is 10.2 Å². The van der Waals surface area contributed by atoms with Crippen molar-refractivity contribution in [1.29, 1.82) is 0 Å².